The van der Waals surface area contributed by atoms with Crippen molar-refractivity contribution in [2.75, 3.05) is 19.4 Å². The van der Waals surface area contributed by atoms with Gasteiger partial charge in [-0.05, 0) is 24.6 Å². The van der Waals surface area contributed by atoms with Crippen molar-refractivity contribution in [3.63, 3.8) is 0 Å². The van der Waals surface area contributed by atoms with E-state index in [1.165, 1.54) is 33.2 Å². The van der Waals surface area contributed by atoms with E-state index in [1.807, 2.05) is 0 Å². The molecule has 2 rings (SSSR count). The number of nitrogens with one attached hydrogen (secondary N) is 1. The zero-order valence-electron chi connectivity index (χ0n) is 13.9. The summed E-state index contributed by atoms with van der Waals surface area (Å²) in [5.74, 6) is -1.65. The van der Waals surface area contributed by atoms with Gasteiger partial charge in [0.1, 0.15) is 10.7 Å². The molecule has 1 heterocycles. The summed E-state index contributed by atoms with van der Waals surface area (Å²) in [7, 11) is -0.950. The lowest BCUT2D eigenvalue weighted by atomic mass is 10.1. The average Bonchev–Trinajstić information content (AvgIpc) is 2.89. The first kappa shape index (κ1) is 18.7. The fourth-order valence-corrected chi connectivity index (χ4v) is 3.21. The minimum Gasteiger partial charge on any atom is -0.481 e. The summed E-state index contributed by atoms with van der Waals surface area (Å²) < 4.78 is 30.6. The molecule has 0 unspecified atom stereocenters. The van der Waals surface area contributed by atoms with Crippen molar-refractivity contribution in [2.24, 2.45) is 0 Å². The fourth-order valence-electron chi connectivity index (χ4n) is 2.16. The second-order valence-corrected chi connectivity index (χ2v) is 7.66. The van der Waals surface area contributed by atoms with Gasteiger partial charge in [-0.1, -0.05) is 12.1 Å². The molecule has 0 spiro atoms. The summed E-state index contributed by atoms with van der Waals surface area (Å²) in [6, 6.07) is 7.53. The molecule has 0 saturated carbocycles. The van der Waals surface area contributed by atoms with E-state index < -0.39 is 21.9 Å². The summed E-state index contributed by atoms with van der Waals surface area (Å²) >= 11 is 0. The summed E-state index contributed by atoms with van der Waals surface area (Å²) in [5, 5.41) is 11.4. The Morgan fingerprint density at radius 3 is 2.52 bits per heavy atom. The molecule has 0 aliphatic rings. The molecule has 25 heavy (non-hydrogen) atoms. The van der Waals surface area contributed by atoms with Crippen molar-refractivity contribution >= 4 is 27.6 Å². The van der Waals surface area contributed by atoms with Gasteiger partial charge in [0.2, 0.25) is 10.0 Å². The SMILES string of the molecule is Cc1oc(C(=O)Nc2cccc(CC(=O)O)c2)cc1S(=O)(=O)N(C)C. The van der Waals surface area contributed by atoms with Gasteiger partial charge in [0.25, 0.3) is 5.91 Å². The molecule has 2 N–H and O–H groups in total. The monoisotopic (exact) mass is 366 g/mol. The van der Waals surface area contributed by atoms with Crippen LogP contribution in [-0.2, 0) is 21.2 Å². The molecule has 9 heteroatoms. The molecular weight excluding hydrogens is 348 g/mol. The summed E-state index contributed by atoms with van der Waals surface area (Å²) in [4.78, 5) is 22.9. The zero-order valence-corrected chi connectivity index (χ0v) is 14.8. The number of amides is 1. The first-order chi connectivity index (χ1) is 11.6. The number of hydrogen-bond acceptors (Lipinski definition) is 5. The van der Waals surface area contributed by atoms with Gasteiger partial charge in [-0.2, -0.15) is 0 Å². The fraction of sp³-hybridized carbons (Fsp3) is 0.250. The molecular formula is C16H18N2O6S. The molecule has 0 aliphatic carbocycles. The Hall–Kier alpha value is -2.65. The van der Waals surface area contributed by atoms with E-state index in [-0.39, 0.29) is 22.8 Å². The topological polar surface area (TPSA) is 117 Å². The van der Waals surface area contributed by atoms with E-state index in [9.17, 15) is 18.0 Å². The molecule has 0 atom stereocenters. The van der Waals surface area contributed by atoms with Gasteiger partial charge in [-0.3, -0.25) is 9.59 Å². The molecule has 2 aromatic rings. The number of carbonyl (C=O) groups is 2. The van der Waals surface area contributed by atoms with Crippen molar-refractivity contribution in [1.29, 1.82) is 0 Å². The number of aryl methyl sites for hydroxylation is 1. The summed E-state index contributed by atoms with van der Waals surface area (Å²) in [6.45, 7) is 1.46. The van der Waals surface area contributed by atoms with E-state index >= 15 is 0 Å². The lowest BCUT2D eigenvalue weighted by Crippen LogP contribution is -2.22. The van der Waals surface area contributed by atoms with Crippen LogP contribution in [0.25, 0.3) is 0 Å². The third-order valence-corrected chi connectivity index (χ3v) is 5.32. The molecule has 0 fully saturated rings. The quantitative estimate of drug-likeness (QED) is 0.804. The van der Waals surface area contributed by atoms with Crippen LogP contribution in [0.15, 0.2) is 39.6 Å². The number of carboxylic acids is 1. The van der Waals surface area contributed by atoms with Gasteiger partial charge in [0.05, 0.1) is 6.42 Å². The van der Waals surface area contributed by atoms with Crippen molar-refractivity contribution in [3.8, 4) is 0 Å². The second-order valence-electron chi connectivity index (χ2n) is 5.54. The number of rotatable bonds is 6. The van der Waals surface area contributed by atoms with E-state index in [0.717, 1.165) is 4.31 Å². The van der Waals surface area contributed by atoms with Crippen molar-refractivity contribution in [3.05, 3.63) is 47.4 Å². The molecule has 1 aromatic carbocycles. The lowest BCUT2D eigenvalue weighted by Gasteiger charge is -2.09. The predicted molar refractivity (Wildman–Crippen MR) is 90.1 cm³/mol. The highest BCUT2D eigenvalue weighted by atomic mass is 32.2. The van der Waals surface area contributed by atoms with Crippen LogP contribution in [0, 0.1) is 6.92 Å². The molecule has 0 saturated heterocycles. The highest BCUT2D eigenvalue weighted by Crippen LogP contribution is 2.23. The van der Waals surface area contributed by atoms with E-state index in [4.69, 9.17) is 9.52 Å². The van der Waals surface area contributed by atoms with Crippen LogP contribution in [-0.4, -0.2) is 43.8 Å². The maximum Gasteiger partial charge on any atom is 0.307 e. The van der Waals surface area contributed by atoms with Crippen LogP contribution in [0.3, 0.4) is 0 Å². The van der Waals surface area contributed by atoms with Crippen LogP contribution in [0.5, 0.6) is 0 Å². The molecule has 8 nitrogen and oxygen atoms in total. The van der Waals surface area contributed by atoms with Crippen LogP contribution in [0.4, 0.5) is 5.69 Å². The van der Waals surface area contributed by atoms with E-state index in [2.05, 4.69) is 5.32 Å². The number of sulfonamides is 1. The highest BCUT2D eigenvalue weighted by molar-refractivity contribution is 7.89. The number of nitrogens with zero attached hydrogens (tertiary/aromatic N) is 1. The van der Waals surface area contributed by atoms with Gasteiger partial charge < -0.3 is 14.8 Å². The first-order valence-electron chi connectivity index (χ1n) is 7.26. The Morgan fingerprint density at radius 1 is 1.24 bits per heavy atom. The van der Waals surface area contributed by atoms with Crippen LogP contribution in [0.2, 0.25) is 0 Å². The molecule has 0 bridgehead atoms. The number of anilines is 1. The Balaban J connectivity index is 2.24. The number of carbonyl (C=O) groups excluding carboxylic acids is 1. The van der Waals surface area contributed by atoms with Gasteiger partial charge >= 0.3 is 5.97 Å². The van der Waals surface area contributed by atoms with Crippen LogP contribution in [0.1, 0.15) is 21.9 Å². The number of benzene rings is 1. The second kappa shape index (κ2) is 7.08. The minimum absolute atomic E-state index is 0.0812. The minimum atomic E-state index is -3.72. The maximum absolute atomic E-state index is 12.3. The standard InChI is InChI=1S/C16H18N2O6S/c1-10-14(25(22,23)18(2)3)9-13(24-10)16(21)17-12-6-4-5-11(7-12)8-15(19)20/h4-7,9H,8H2,1-3H3,(H,17,21)(H,19,20). The van der Waals surface area contributed by atoms with Crippen LogP contribution < -0.4 is 5.32 Å². The smallest absolute Gasteiger partial charge is 0.307 e. The molecule has 134 valence electrons. The number of furan rings is 1. The zero-order chi connectivity index (χ0) is 18.8. The average molecular weight is 366 g/mol. The van der Waals surface area contributed by atoms with E-state index in [0.29, 0.717) is 11.3 Å². The summed E-state index contributed by atoms with van der Waals surface area (Å²) in [5.41, 5.74) is 0.909. The Morgan fingerprint density at radius 2 is 1.92 bits per heavy atom. The predicted octanol–water partition coefficient (Wildman–Crippen LogP) is 1.72. The molecule has 0 radical (unpaired) electrons. The van der Waals surface area contributed by atoms with Gasteiger partial charge in [0, 0.05) is 25.8 Å². The number of hydrogen-bond donors (Lipinski definition) is 2. The normalized spacial score (nSPS) is 11.5. The number of aliphatic carboxylic acids is 1. The maximum atomic E-state index is 12.3. The summed E-state index contributed by atoms with van der Waals surface area (Å²) in [6.07, 6.45) is -0.172. The van der Waals surface area contributed by atoms with Crippen molar-refractivity contribution < 1.29 is 27.5 Å². The van der Waals surface area contributed by atoms with Crippen molar-refractivity contribution in [1.82, 2.24) is 4.31 Å². The third kappa shape index (κ3) is 4.25. The largest absolute Gasteiger partial charge is 0.481 e. The lowest BCUT2D eigenvalue weighted by molar-refractivity contribution is -0.136. The highest BCUT2D eigenvalue weighted by Gasteiger charge is 2.25. The third-order valence-electron chi connectivity index (χ3n) is 3.39. The Bertz CT molecular complexity index is 914. The van der Waals surface area contributed by atoms with Crippen molar-refractivity contribution in [2.45, 2.75) is 18.2 Å². The van der Waals surface area contributed by atoms with Crippen LogP contribution >= 0.6 is 0 Å². The molecule has 0 aliphatic heterocycles. The van der Waals surface area contributed by atoms with Gasteiger partial charge in [-0.15, -0.1) is 0 Å². The van der Waals surface area contributed by atoms with Gasteiger partial charge in [-0.25, -0.2) is 12.7 Å². The van der Waals surface area contributed by atoms with E-state index in [1.54, 1.807) is 18.2 Å². The Kier molecular flexibility index (Phi) is 5.29. The molecule has 1 aromatic heterocycles. The first-order valence-corrected chi connectivity index (χ1v) is 8.70. The van der Waals surface area contributed by atoms with Gasteiger partial charge in [0.15, 0.2) is 5.76 Å². The number of carboxylic acid groups (broad SMARTS) is 1. The molecule has 1 amide bonds. The Labute approximate surface area is 145 Å².